The largest absolute Gasteiger partial charge is 0.467 e. The smallest absolute Gasteiger partial charge is 0.331 e. The highest BCUT2D eigenvalue weighted by atomic mass is 16.5. The molecule has 0 aliphatic heterocycles. The number of ether oxygens (including phenoxy) is 1. The summed E-state index contributed by atoms with van der Waals surface area (Å²) in [6, 6.07) is 9.06. The van der Waals surface area contributed by atoms with Crippen LogP contribution in [-0.4, -0.2) is 18.6 Å². The van der Waals surface area contributed by atoms with Gasteiger partial charge in [-0.05, 0) is 37.6 Å². The normalized spacial score (nSPS) is 13.2. The zero-order valence-electron chi connectivity index (χ0n) is 11.0. The highest BCUT2D eigenvalue weighted by Gasteiger charge is 2.33. The van der Waals surface area contributed by atoms with E-state index in [9.17, 15) is 4.79 Å². The van der Waals surface area contributed by atoms with Gasteiger partial charge in [0.05, 0.1) is 18.7 Å². The van der Waals surface area contributed by atoms with Gasteiger partial charge in [0.25, 0.3) is 0 Å². The lowest BCUT2D eigenvalue weighted by Gasteiger charge is -2.28. The van der Waals surface area contributed by atoms with E-state index in [0.717, 1.165) is 12.1 Å². The minimum Gasteiger partial charge on any atom is -0.467 e. The van der Waals surface area contributed by atoms with E-state index in [1.165, 1.54) is 7.11 Å². The first-order valence-corrected chi connectivity index (χ1v) is 5.92. The summed E-state index contributed by atoms with van der Waals surface area (Å²) >= 11 is 0. The third kappa shape index (κ3) is 3.24. The third-order valence-electron chi connectivity index (χ3n) is 2.82. The number of nitrogens with zero attached hydrogens (tertiary/aromatic N) is 1. The molecule has 0 radical (unpaired) electrons. The number of anilines is 1. The molecule has 1 N–H and O–H groups in total. The molecular weight excluding hydrogens is 228 g/mol. The Morgan fingerprint density at radius 3 is 2.50 bits per heavy atom. The summed E-state index contributed by atoms with van der Waals surface area (Å²) in [7, 11) is 1.39. The van der Waals surface area contributed by atoms with E-state index in [1.54, 1.807) is 24.3 Å². The Kier molecular flexibility index (Phi) is 4.73. The van der Waals surface area contributed by atoms with Crippen LogP contribution in [0.1, 0.15) is 32.3 Å². The van der Waals surface area contributed by atoms with Crippen LogP contribution in [0.25, 0.3) is 0 Å². The van der Waals surface area contributed by atoms with E-state index in [2.05, 4.69) is 11.4 Å². The van der Waals surface area contributed by atoms with Crippen molar-refractivity contribution in [3.63, 3.8) is 0 Å². The van der Waals surface area contributed by atoms with Crippen LogP contribution in [-0.2, 0) is 9.53 Å². The Morgan fingerprint density at radius 1 is 1.44 bits per heavy atom. The maximum atomic E-state index is 11.8. The van der Waals surface area contributed by atoms with Crippen molar-refractivity contribution in [2.24, 2.45) is 0 Å². The lowest BCUT2D eigenvalue weighted by Crippen LogP contribution is -2.44. The summed E-state index contributed by atoms with van der Waals surface area (Å²) in [5.41, 5.74) is 0.656. The molecule has 0 saturated carbocycles. The SMILES string of the molecule is CCCC(C)(Nc1ccc(C#N)cc1)C(=O)OC. The van der Waals surface area contributed by atoms with Crippen molar-refractivity contribution in [1.29, 1.82) is 5.26 Å². The van der Waals surface area contributed by atoms with E-state index in [1.807, 2.05) is 13.8 Å². The van der Waals surface area contributed by atoms with Crippen LogP contribution in [0.4, 0.5) is 5.69 Å². The molecule has 1 atom stereocenters. The molecule has 1 aromatic carbocycles. The average Bonchev–Trinajstić information content (AvgIpc) is 2.39. The van der Waals surface area contributed by atoms with Gasteiger partial charge in [-0.15, -0.1) is 0 Å². The maximum Gasteiger partial charge on any atom is 0.331 e. The summed E-state index contributed by atoms with van der Waals surface area (Å²) in [5.74, 6) is -0.284. The quantitative estimate of drug-likeness (QED) is 0.811. The molecule has 0 heterocycles. The van der Waals surface area contributed by atoms with E-state index in [-0.39, 0.29) is 5.97 Å². The summed E-state index contributed by atoms with van der Waals surface area (Å²) in [5, 5.41) is 11.9. The molecule has 0 spiro atoms. The topological polar surface area (TPSA) is 62.1 Å². The minimum atomic E-state index is -0.738. The fraction of sp³-hybridized carbons (Fsp3) is 0.429. The molecule has 0 bridgehead atoms. The third-order valence-corrected chi connectivity index (χ3v) is 2.82. The molecule has 0 saturated heterocycles. The van der Waals surface area contributed by atoms with E-state index >= 15 is 0 Å². The lowest BCUT2D eigenvalue weighted by atomic mass is 9.95. The number of methoxy groups -OCH3 is 1. The number of nitriles is 1. The number of nitrogens with one attached hydrogen (secondary N) is 1. The van der Waals surface area contributed by atoms with Crippen LogP contribution in [0.5, 0.6) is 0 Å². The van der Waals surface area contributed by atoms with Gasteiger partial charge in [0.2, 0.25) is 0 Å². The second kappa shape index (κ2) is 6.06. The Labute approximate surface area is 108 Å². The van der Waals surface area contributed by atoms with Gasteiger partial charge in [-0.1, -0.05) is 13.3 Å². The number of hydrogen-bond acceptors (Lipinski definition) is 4. The second-order valence-corrected chi connectivity index (χ2v) is 4.39. The molecule has 0 aliphatic carbocycles. The standard InChI is InChI=1S/C14H18N2O2/c1-4-9-14(2,13(17)18-3)16-12-7-5-11(10-15)6-8-12/h5-8,16H,4,9H2,1-3H3. The van der Waals surface area contributed by atoms with Gasteiger partial charge in [0.1, 0.15) is 5.54 Å². The first-order chi connectivity index (χ1) is 8.55. The molecule has 1 unspecified atom stereocenters. The maximum absolute atomic E-state index is 11.8. The molecule has 18 heavy (non-hydrogen) atoms. The summed E-state index contributed by atoms with van der Waals surface area (Å²) in [6.07, 6.45) is 1.55. The van der Waals surface area contributed by atoms with Gasteiger partial charge in [-0.3, -0.25) is 0 Å². The monoisotopic (exact) mass is 246 g/mol. The van der Waals surface area contributed by atoms with Crippen molar-refractivity contribution in [1.82, 2.24) is 0 Å². The first kappa shape index (κ1) is 14.0. The zero-order valence-corrected chi connectivity index (χ0v) is 11.0. The van der Waals surface area contributed by atoms with Crippen LogP contribution < -0.4 is 5.32 Å². The molecule has 4 nitrogen and oxygen atoms in total. The van der Waals surface area contributed by atoms with Gasteiger partial charge in [-0.2, -0.15) is 5.26 Å². The molecule has 0 fully saturated rings. The Bertz CT molecular complexity index is 448. The summed E-state index contributed by atoms with van der Waals surface area (Å²) in [6.45, 7) is 3.84. The van der Waals surface area contributed by atoms with E-state index in [0.29, 0.717) is 12.0 Å². The lowest BCUT2D eigenvalue weighted by molar-refractivity contribution is -0.145. The van der Waals surface area contributed by atoms with Crippen LogP contribution in [0.15, 0.2) is 24.3 Å². The Morgan fingerprint density at radius 2 is 2.06 bits per heavy atom. The second-order valence-electron chi connectivity index (χ2n) is 4.39. The van der Waals surface area contributed by atoms with Crippen LogP contribution in [0, 0.1) is 11.3 Å². The molecule has 4 heteroatoms. The Hall–Kier alpha value is -2.02. The van der Waals surface area contributed by atoms with Gasteiger partial charge in [-0.25, -0.2) is 4.79 Å². The van der Waals surface area contributed by atoms with Crippen molar-refractivity contribution in [3.8, 4) is 6.07 Å². The van der Waals surface area contributed by atoms with Gasteiger partial charge >= 0.3 is 5.97 Å². The Balaban J connectivity index is 2.89. The first-order valence-electron chi connectivity index (χ1n) is 5.92. The molecule has 1 rings (SSSR count). The molecular formula is C14H18N2O2. The summed E-state index contributed by atoms with van der Waals surface area (Å²) in [4.78, 5) is 11.8. The predicted molar refractivity (Wildman–Crippen MR) is 70.1 cm³/mol. The van der Waals surface area contributed by atoms with Crippen molar-refractivity contribution >= 4 is 11.7 Å². The van der Waals surface area contributed by atoms with Crippen molar-refractivity contribution < 1.29 is 9.53 Å². The number of benzene rings is 1. The molecule has 1 aromatic rings. The number of hydrogen-bond donors (Lipinski definition) is 1. The van der Waals surface area contributed by atoms with Gasteiger partial charge < -0.3 is 10.1 Å². The highest BCUT2D eigenvalue weighted by Crippen LogP contribution is 2.21. The van der Waals surface area contributed by atoms with Crippen molar-refractivity contribution in [2.75, 3.05) is 12.4 Å². The number of carbonyl (C=O) groups is 1. The zero-order chi connectivity index (χ0) is 13.6. The van der Waals surface area contributed by atoms with Crippen molar-refractivity contribution in [3.05, 3.63) is 29.8 Å². The fourth-order valence-corrected chi connectivity index (χ4v) is 1.89. The number of esters is 1. The molecule has 96 valence electrons. The van der Waals surface area contributed by atoms with Crippen LogP contribution in [0.3, 0.4) is 0 Å². The number of rotatable bonds is 5. The minimum absolute atomic E-state index is 0.284. The average molecular weight is 246 g/mol. The van der Waals surface area contributed by atoms with E-state index in [4.69, 9.17) is 10.00 Å². The number of carbonyl (C=O) groups excluding carboxylic acids is 1. The molecule has 0 amide bonds. The van der Waals surface area contributed by atoms with Gasteiger partial charge in [0.15, 0.2) is 0 Å². The molecule has 0 aromatic heterocycles. The van der Waals surface area contributed by atoms with Crippen LogP contribution in [0.2, 0.25) is 0 Å². The predicted octanol–water partition coefficient (Wildman–Crippen LogP) is 2.70. The van der Waals surface area contributed by atoms with E-state index < -0.39 is 5.54 Å². The van der Waals surface area contributed by atoms with Crippen molar-refractivity contribution in [2.45, 2.75) is 32.2 Å². The molecule has 0 aliphatic rings. The van der Waals surface area contributed by atoms with Crippen LogP contribution >= 0.6 is 0 Å². The fourth-order valence-electron chi connectivity index (χ4n) is 1.89. The summed E-state index contributed by atoms with van der Waals surface area (Å²) < 4.78 is 4.83. The highest BCUT2D eigenvalue weighted by molar-refractivity contribution is 5.84. The van der Waals surface area contributed by atoms with Gasteiger partial charge in [0, 0.05) is 5.69 Å².